The van der Waals surface area contributed by atoms with Gasteiger partial charge in [0.25, 0.3) is 0 Å². The zero-order chi connectivity index (χ0) is 8.55. The number of rotatable bonds is 0. The normalized spacial score (nSPS) is 13.4. The van der Waals surface area contributed by atoms with Crippen LogP contribution in [0, 0.1) is 0 Å². The Labute approximate surface area is 73.3 Å². The van der Waals surface area contributed by atoms with Crippen molar-refractivity contribution in [3.8, 4) is 0 Å². The first kappa shape index (κ1) is 9.27. The Morgan fingerprint density at radius 3 is 2.77 bits per heavy atom. The van der Waals surface area contributed by atoms with Gasteiger partial charge in [-0.2, -0.15) is 0 Å². The maximum atomic E-state index is 10.8. The van der Waals surface area contributed by atoms with Crippen LogP contribution < -0.4 is 16.2 Å². The van der Waals surface area contributed by atoms with Crippen LogP contribution >= 0.6 is 0 Å². The molecule has 1 amide bonds. The van der Waals surface area contributed by atoms with Gasteiger partial charge in [0.1, 0.15) is 5.82 Å². The predicted octanol–water partition coefficient (Wildman–Crippen LogP) is -1.09. The first-order valence-electron chi connectivity index (χ1n) is 3.53. The van der Waals surface area contributed by atoms with Crippen LogP contribution in [0.2, 0.25) is 0 Å². The second kappa shape index (κ2) is 3.28. The Kier molecular flexibility index (Phi) is 2.34. The summed E-state index contributed by atoms with van der Waals surface area (Å²) >= 11 is 0. The summed E-state index contributed by atoms with van der Waals surface area (Å²) in [6.07, 6.45) is 0. The minimum atomic E-state index is -0.183. The average molecular weight is 183 g/mol. The smallest absolute Gasteiger partial charge is 0.249 e. The molecule has 1 aliphatic heterocycles. The van der Waals surface area contributed by atoms with E-state index in [9.17, 15) is 9.59 Å². The van der Waals surface area contributed by atoms with Gasteiger partial charge in [0, 0.05) is 6.07 Å². The zero-order valence-corrected chi connectivity index (χ0v) is 6.68. The Balaban J connectivity index is 0.000000845. The molecule has 0 saturated carbocycles. The van der Waals surface area contributed by atoms with Crippen molar-refractivity contribution < 1.29 is 10.3 Å². The monoisotopic (exact) mass is 183 g/mol. The largest absolute Gasteiger partial charge is 0.412 e. The fraction of sp³-hybridized carbons (Fsp3) is 0.143. The molecule has 0 unspecified atom stereocenters. The second-order valence-corrected chi connectivity index (χ2v) is 2.51. The van der Waals surface area contributed by atoms with Gasteiger partial charge in [-0.25, -0.2) is 0 Å². The van der Waals surface area contributed by atoms with Crippen molar-refractivity contribution in [2.24, 2.45) is 0 Å². The van der Waals surface area contributed by atoms with Gasteiger partial charge in [-0.05, 0) is 6.07 Å². The fourth-order valence-electron chi connectivity index (χ4n) is 1.08. The number of hydrogen-bond donors (Lipinski definition) is 3. The number of nitrogens with one attached hydrogen (secondary N) is 3. The molecule has 0 saturated heterocycles. The summed E-state index contributed by atoms with van der Waals surface area (Å²) in [5, 5.41) is 5.40. The van der Waals surface area contributed by atoms with Gasteiger partial charge in [-0.15, -0.1) is 0 Å². The minimum Gasteiger partial charge on any atom is -0.412 e. The van der Waals surface area contributed by atoms with Gasteiger partial charge in [0.05, 0.1) is 12.2 Å². The van der Waals surface area contributed by atoms with Gasteiger partial charge >= 0.3 is 0 Å². The molecule has 0 atom stereocenters. The zero-order valence-electron chi connectivity index (χ0n) is 6.68. The first-order valence-corrected chi connectivity index (χ1v) is 3.53. The SMILES string of the molecule is O.O=C1CNc2[nH]c(=O)ccc2N1. The molecule has 0 aliphatic carbocycles. The molecule has 13 heavy (non-hydrogen) atoms. The minimum absolute atomic E-state index is 0. The molecule has 6 nitrogen and oxygen atoms in total. The first-order chi connectivity index (χ1) is 5.75. The van der Waals surface area contributed by atoms with E-state index < -0.39 is 0 Å². The molecule has 6 heteroatoms. The van der Waals surface area contributed by atoms with Crippen LogP contribution in [0.15, 0.2) is 16.9 Å². The highest BCUT2D eigenvalue weighted by molar-refractivity contribution is 5.99. The lowest BCUT2D eigenvalue weighted by atomic mass is 10.3. The van der Waals surface area contributed by atoms with Crippen molar-refractivity contribution in [3.63, 3.8) is 0 Å². The summed E-state index contributed by atoms with van der Waals surface area (Å²) in [6, 6.07) is 2.93. The third-order valence-corrected chi connectivity index (χ3v) is 1.62. The number of pyridine rings is 1. The highest BCUT2D eigenvalue weighted by atomic mass is 16.2. The van der Waals surface area contributed by atoms with Gasteiger partial charge in [0.2, 0.25) is 11.5 Å². The topological polar surface area (TPSA) is 105 Å². The molecule has 0 spiro atoms. The molecule has 2 heterocycles. The van der Waals surface area contributed by atoms with Crippen molar-refractivity contribution in [1.82, 2.24) is 4.98 Å². The van der Waals surface area contributed by atoms with Gasteiger partial charge in [-0.3, -0.25) is 9.59 Å². The van der Waals surface area contributed by atoms with E-state index >= 15 is 0 Å². The van der Waals surface area contributed by atoms with E-state index in [-0.39, 0.29) is 23.5 Å². The van der Waals surface area contributed by atoms with Gasteiger partial charge < -0.3 is 21.1 Å². The fourth-order valence-corrected chi connectivity index (χ4v) is 1.08. The molecule has 1 aromatic rings. The number of H-pyrrole nitrogens is 1. The summed E-state index contributed by atoms with van der Waals surface area (Å²) in [5.41, 5.74) is 0.434. The summed E-state index contributed by atoms with van der Waals surface area (Å²) in [6.45, 7) is 0.201. The van der Waals surface area contributed by atoms with Crippen molar-refractivity contribution in [2.45, 2.75) is 0 Å². The van der Waals surface area contributed by atoms with Crippen LogP contribution in [0.1, 0.15) is 0 Å². The lowest BCUT2D eigenvalue weighted by Gasteiger charge is -2.16. The molecular formula is C7H9N3O3. The maximum Gasteiger partial charge on any atom is 0.249 e. The summed E-state index contributed by atoms with van der Waals surface area (Å²) in [7, 11) is 0. The van der Waals surface area contributed by atoms with E-state index in [2.05, 4.69) is 15.6 Å². The molecule has 2 rings (SSSR count). The predicted molar refractivity (Wildman–Crippen MR) is 47.8 cm³/mol. The Bertz CT molecular complexity index is 385. The number of carbonyl (C=O) groups is 1. The second-order valence-electron chi connectivity index (χ2n) is 2.51. The van der Waals surface area contributed by atoms with E-state index in [1.54, 1.807) is 6.07 Å². The molecule has 70 valence electrons. The third kappa shape index (κ3) is 1.67. The summed E-state index contributed by atoms with van der Waals surface area (Å²) in [5.74, 6) is 0.469. The molecule has 0 fully saturated rings. The van der Waals surface area contributed by atoms with Crippen LogP contribution in [0.4, 0.5) is 11.5 Å². The van der Waals surface area contributed by atoms with Crippen LogP contribution in [0.3, 0.4) is 0 Å². The lowest BCUT2D eigenvalue weighted by molar-refractivity contribution is -0.114. The molecule has 5 N–H and O–H groups in total. The van der Waals surface area contributed by atoms with Crippen molar-refractivity contribution in [2.75, 3.05) is 17.2 Å². The standard InChI is InChI=1S/C7H7N3O2.H2O/c11-5-2-1-4-7(10-5)8-3-6(12)9-4;/h1-2H,3H2,(H,9,12)(H2,8,10,11);1H2. The van der Waals surface area contributed by atoms with E-state index in [0.717, 1.165) is 0 Å². The number of carbonyl (C=O) groups excluding carboxylic acids is 1. The van der Waals surface area contributed by atoms with Gasteiger partial charge in [-0.1, -0.05) is 0 Å². The van der Waals surface area contributed by atoms with Crippen LogP contribution in [-0.2, 0) is 4.79 Å². The molecule has 0 bridgehead atoms. The van der Waals surface area contributed by atoms with Crippen molar-refractivity contribution >= 4 is 17.4 Å². The van der Waals surface area contributed by atoms with E-state index in [1.807, 2.05) is 0 Å². The maximum absolute atomic E-state index is 10.8. The number of hydrogen-bond acceptors (Lipinski definition) is 3. The number of fused-ring (bicyclic) bond motifs is 1. The Hall–Kier alpha value is -1.82. The Morgan fingerprint density at radius 2 is 2.00 bits per heavy atom. The molecule has 1 aliphatic rings. The van der Waals surface area contributed by atoms with E-state index in [1.165, 1.54) is 6.07 Å². The molecular weight excluding hydrogens is 174 g/mol. The van der Waals surface area contributed by atoms with Gasteiger partial charge in [0.15, 0.2) is 0 Å². The molecule has 1 aromatic heterocycles. The Morgan fingerprint density at radius 1 is 1.23 bits per heavy atom. The van der Waals surface area contributed by atoms with E-state index in [4.69, 9.17) is 0 Å². The number of aromatic amines is 1. The number of anilines is 2. The van der Waals surface area contributed by atoms with Crippen molar-refractivity contribution in [1.29, 1.82) is 0 Å². The summed E-state index contributed by atoms with van der Waals surface area (Å²) < 4.78 is 0. The van der Waals surface area contributed by atoms with Crippen LogP contribution in [-0.4, -0.2) is 22.9 Å². The van der Waals surface area contributed by atoms with E-state index in [0.29, 0.717) is 11.5 Å². The average Bonchev–Trinajstić information content (AvgIpc) is 2.05. The lowest BCUT2D eigenvalue weighted by Crippen LogP contribution is -2.29. The highest BCUT2D eigenvalue weighted by Crippen LogP contribution is 2.18. The number of aromatic nitrogens is 1. The number of amides is 1. The third-order valence-electron chi connectivity index (χ3n) is 1.62. The highest BCUT2D eigenvalue weighted by Gasteiger charge is 2.13. The molecule has 0 radical (unpaired) electrons. The van der Waals surface area contributed by atoms with Crippen LogP contribution in [0.25, 0.3) is 0 Å². The summed E-state index contributed by atoms with van der Waals surface area (Å²) in [4.78, 5) is 24.2. The molecule has 0 aromatic carbocycles. The quantitative estimate of drug-likeness (QED) is 0.476. The van der Waals surface area contributed by atoms with Crippen molar-refractivity contribution in [3.05, 3.63) is 22.5 Å². The van der Waals surface area contributed by atoms with Crippen LogP contribution in [0.5, 0.6) is 0 Å².